The van der Waals surface area contributed by atoms with E-state index in [-0.39, 0.29) is 17.1 Å². The molecule has 1 fully saturated rings. The fraction of sp³-hybridized carbons (Fsp3) is 0.522. The number of amides is 1. The predicted molar refractivity (Wildman–Crippen MR) is 119 cm³/mol. The lowest BCUT2D eigenvalue weighted by atomic mass is 9.76. The van der Waals surface area contributed by atoms with Gasteiger partial charge in [0.25, 0.3) is 5.91 Å². The fourth-order valence-corrected chi connectivity index (χ4v) is 4.91. The van der Waals surface area contributed by atoms with Crippen LogP contribution in [0.2, 0.25) is 0 Å². The van der Waals surface area contributed by atoms with E-state index in [0.717, 1.165) is 16.9 Å². The fourth-order valence-electron chi connectivity index (χ4n) is 4.91. The lowest BCUT2D eigenvalue weighted by Gasteiger charge is -2.35. The maximum absolute atomic E-state index is 13.3. The lowest BCUT2D eigenvalue weighted by molar-refractivity contribution is 0.0708. The van der Waals surface area contributed by atoms with Crippen LogP contribution < -0.4 is 4.90 Å². The van der Waals surface area contributed by atoms with Gasteiger partial charge in [0.1, 0.15) is 17.4 Å². The number of aryl methyl sites for hydroxylation is 2. The van der Waals surface area contributed by atoms with Gasteiger partial charge in [0.15, 0.2) is 17.2 Å². The summed E-state index contributed by atoms with van der Waals surface area (Å²) in [4.78, 5) is 39.1. The molecule has 0 radical (unpaired) electrons. The number of aromatic nitrogens is 4. The minimum absolute atomic E-state index is 0.0704. The van der Waals surface area contributed by atoms with Crippen molar-refractivity contribution in [3.05, 3.63) is 34.7 Å². The van der Waals surface area contributed by atoms with Crippen LogP contribution in [0, 0.1) is 19.3 Å². The van der Waals surface area contributed by atoms with Gasteiger partial charge in [-0.25, -0.2) is 9.97 Å². The Kier molecular flexibility index (Phi) is 4.61. The van der Waals surface area contributed by atoms with Crippen LogP contribution in [0.4, 0.5) is 5.82 Å². The highest BCUT2D eigenvalue weighted by Crippen LogP contribution is 2.38. The van der Waals surface area contributed by atoms with Crippen LogP contribution in [0.3, 0.4) is 0 Å². The van der Waals surface area contributed by atoms with Crippen LogP contribution in [0.15, 0.2) is 10.6 Å². The molecule has 3 aromatic heterocycles. The Morgan fingerprint density at radius 3 is 2.53 bits per heavy atom. The van der Waals surface area contributed by atoms with E-state index in [4.69, 9.17) is 4.42 Å². The summed E-state index contributed by atoms with van der Waals surface area (Å²) in [5.41, 5.74) is 1.95. The Balaban J connectivity index is 1.36. The molecule has 1 aliphatic carbocycles. The number of Topliss-reactive ketones (excluding diaryl/α,β-unsaturated/α-hetero) is 1. The van der Waals surface area contributed by atoms with Crippen LogP contribution in [0.25, 0.3) is 11.0 Å². The van der Waals surface area contributed by atoms with Gasteiger partial charge >= 0.3 is 0 Å². The average Bonchev–Trinajstić information content (AvgIpc) is 3.26. The Morgan fingerprint density at radius 1 is 1.09 bits per heavy atom. The first-order valence-corrected chi connectivity index (χ1v) is 11.0. The van der Waals surface area contributed by atoms with Crippen LogP contribution in [-0.2, 0) is 13.5 Å². The van der Waals surface area contributed by atoms with E-state index in [1.165, 1.54) is 0 Å². The lowest BCUT2D eigenvalue weighted by Crippen LogP contribution is -2.49. The van der Waals surface area contributed by atoms with Crippen LogP contribution in [0.5, 0.6) is 0 Å². The van der Waals surface area contributed by atoms with E-state index in [9.17, 15) is 9.59 Å². The van der Waals surface area contributed by atoms with Crippen molar-refractivity contribution in [1.29, 1.82) is 0 Å². The van der Waals surface area contributed by atoms with Gasteiger partial charge in [-0.05, 0) is 19.3 Å². The molecular formula is C23H28N6O3. The molecule has 9 nitrogen and oxygen atoms in total. The summed E-state index contributed by atoms with van der Waals surface area (Å²) in [7, 11) is 1.87. The summed E-state index contributed by atoms with van der Waals surface area (Å²) in [5, 5.41) is 5.23. The minimum Gasteiger partial charge on any atom is -0.455 e. The van der Waals surface area contributed by atoms with E-state index in [1.807, 2.05) is 20.9 Å². The molecule has 4 heterocycles. The van der Waals surface area contributed by atoms with Crippen molar-refractivity contribution in [3.8, 4) is 0 Å². The predicted octanol–water partition coefficient (Wildman–Crippen LogP) is 2.69. The van der Waals surface area contributed by atoms with E-state index in [2.05, 4.69) is 33.8 Å². The molecule has 0 unspecified atom stereocenters. The van der Waals surface area contributed by atoms with Gasteiger partial charge < -0.3 is 14.2 Å². The molecule has 0 spiro atoms. The number of carbonyl (C=O) groups is 2. The monoisotopic (exact) mass is 436 g/mol. The summed E-state index contributed by atoms with van der Waals surface area (Å²) < 4.78 is 7.74. The molecule has 168 valence electrons. The zero-order valence-electron chi connectivity index (χ0n) is 19.2. The highest BCUT2D eigenvalue weighted by Gasteiger charge is 2.38. The van der Waals surface area contributed by atoms with Crippen molar-refractivity contribution in [2.24, 2.45) is 12.5 Å². The van der Waals surface area contributed by atoms with E-state index in [1.54, 1.807) is 15.8 Å². The van der Waals surface area contributed by atoms with E-state index < -0.39 is 0 Å². The molecular weight excluding hydrogens is 408 g/mol. The van der Waals surface area contributed by atoms with E-state index >= 15 is 0 Å². The number of rotatable bonds is 2. The number of carbonyl (C=O) groups excluding carboxylic acids is 2. The van der Waals surface area contributed by atoms with Crippen LogP contribution in [-0.4, -0.2) is 62.5 Å². The SMILES string of the molecule is Cc1nc(N2CCN(C(=O)c3oc4c(c3C)C(=O)CC(C)(C)C4)CC2)c2cnn(C)c2n1. The van der Waals surface area contributed by atoms with Gasteiger partial charge in [-0.15, -0.1) is 0 Å². The molecule has 1 amide bonds. The Bertz CT molecular complexity index is 1250. The van der Waals surface area contributed by atoms with Crippen molar-refractivity contribution >= 4 is 28.5 Å². The van der Waals surface area contributed by atoms with Crippen molar-refractivity contribution in [3.63, 3.8) is 0 Å². The Morgan fingerprint density at radius 2 is 1.81 bits per heavy atom. The second-order valence-electron chi connectivity index (χ2n) is 9.67. The van der Waals surface area contributed by atoms with Gasteiger partial charge in [-0.3, -0.25) is 14.3 Å². The van der Waals surface area contributed by atoms with Gasteiger partial charge in [-0.1, -0.05) is 13.8 Å². The standard InChI is InChI=1S/C23H28N6O3/c1-13-18-16(30)10-23(3,4)11-17(18)32-19(13)22(31)29-8-6-28(7-9-29)21-15-12-24-27(5)20(15)25-14(2)26-21/h12H,6-11H2,1-5H3. The summed E-state index contributed by atoms with van der Waals surface area (Å²) in [5.74, 6) is 2.43. The van der Waals surface area contributed by atoms with Gasteiger partial charge in [0, 0.05) is 51.6 Å². The topological polar surface area (TPSA) is 97.4 Å². The minimum atomic E-state index is -0.146. The van der Waals surface area contributed by atoms with Crippen molar-refractivity contribution in [2.45, 2.75) is 40.5 Å². The molecule has 5 rings (SSSR count). The first-order chi connectivity index (χ1) is 15.1. The molecule has 32 heavy (non-hydrogen) atoms. The summed E-state index contributed by atoms with van der Waals surface area (Å²) in [6.07, 6.45) is 2.94. The summed E-state index contributed by atoms with van der Waals surface area (Å²) >= 11 is 0. The second kappa shape index (κ2) is 7.15. The second-order valence-corrected chi connectivity index (χ2v) is 9.67. The summed E-state index contributed by atoms with van der Waals surface area (Å²) in [6, 6.07) is 0. The van der Waals surface area contributed by atoms with Crippen molar-refractivity contribution in [2.75, 3.05) is 31.1 Å². The number of nitrogens with zero attached hydrogens (tertiary/aromatic N) is 6. The highest BCUT2D eigenvalue weighted by molar-refractivity contribution is 6.03. The van der Waals surface area contributed by atoms with Crippen molar-refractivity contribution in [1.82, 2.24) is 24.6 Å². The van der Waals surface area contributed by atoms with Crippen molar-refractivity contribution < 1.29 is 14.0 Å². The number of anilines is 1. The number of hydrogen-bond acceptors (Lipinski definition) is 7. The molecule has 0 N–H and O–H groups in total. The molecule has 0 bridgehead atoms. The molecule has 1 aliphatic heterocycles. The smallest absolute Gasteiger partial charge is 0.289 e. The third kappa shape index (κ3) is 3.27. The molecule has 9 heteroatoms. The first kappa shape index (κ1) is 20.7. The third-order valence-corrected chi connectivity index (χ3v) is 6.52. The largest absolute Gasteiger partial charge is 0.455 e. The van der Waals surface area contributed by atoms with Crippen LogP contribution >= 0.6 is 0 Å². The maximum Gasteiger partial charge on any atom is 0.289 e. The number of fused-ring (bicyclic) bond motifs is 2. The van der Waals surface area contributed by atoms with Gasteiger partial charge in [0.2, 0.25) is 0 Å². The maximum atomic E-state index is 13.3. The Hall–Kier alpha value is -3.23. The van der Waals surface area contributed by atoms with Gasteiger partial charge in [0.05, 0.1) is 17.1 Å². The third-order valence-electron chi connectivity index (χ3n) is 6.52. The summed E-state index contributed by atoms with van der Waals surface area (Å²) in [6.45, 7) is 10.2. The molecule has 1 saturated heterocycles. The zero-order chi connectivity index (χ0) is 22.8. The molecule has 2 aliphatic rings. The number of furan rings is 1. The molecule has 3 aromatic rings. The normalized spacial score (nSPS) is 18.3. The number of hydrogen-bond donors (Lipinski definition) is 0. The average molecular weight is 437 g/mol. The quantitative estimate of drug-likeness (QED) is 0.609. The molecule has 0 aromatic carbocycles. The first-order valence-electron chi connectivity index (χ1n) is 11.0. The Labute approximate surface area is 186 Å². The van der Waals surface area contributed by atoms with Crippen LogP contribution in [0.1, 0.15) is 58.3 Å². The highest BCUT2D eigenvalue weighted by atomic mass is 16.4. The molecule has 0 saturated carbocycles. The number of piperazine rings is 1. The number of ketones is 1. The molecule has 0 atom stereocenters. The van der Waals surface area contributed by atoms with Gasteiger partial charge in [-0.2, -0.15) is 5.10 Å². The zero-order valence-corrected chi connectivity index (χ0v) is 19.2. The van der Waals surface area contributed by atoms with E-state index in [0.29, 0.717) is 67.5 Å².